The fraction of sp³-hybridized carbons (Fsp3) is 0.643. The van der Waals surface area contributed by atoms with Gasteiger partial charge in [0, 0.05) is 28.6 Å². The van der Waals surface area contributed by atoms with Crippen molar-refractivity contribution in [2.24, 2.45) is 11.8 Å². The van der Waals surface area contributed by atoms with E-state index in [-0.39, 0.29) is 16.5 Å². The zero-order chi connectivity index (χ0) is 15.0. The summed E-state index contributed by atoms with van der Waals surface area (Å²) in [6, 6.07) is 3.16. The molecule has 2 aliphatic rings. The van der Waals surface area contributed by atoms with E-state index in [0.29, 0.717) is 11.8 Å². The second-order valence-corrected chi connectivity index (χ2v) is 9.98. The van der Waals surface area contributed by atoms with E-state index in [1.54, 1.807) is 6.07 Å². The van der Waals surface area contributed by atoms with Crippen molar-refractivity contribution in [3.8, 4) is 0 Å². The molecule has 1 aromatic heterocycles. The minimum absolute atomic E-state index is 0.106. The number of nitrogens with zero attached hydrogens (tertiary/aromatic N) is 1. The predicted octanol–water partition coefficient (Wildman–Crippen LogP) is 2.87. The van der Waals surface area contributed by atoms with Gasteiger partial charge in [0.2, 0.25) is 5.91 Å². The number of thiophene rings is 1. The largest absolute Gasteiger partial charge is 0.342 e. The smallest absolute Gasteiger partial charge is 0.270 e. The first-order valence-electron chi connectivity index (χ1n) is 7.23. The van der Waals surface area contributed by atoms with Crippen LogP contribution in [0.4, 0.5) is 0 Å². The minimum atomic E-state index is -3.69. The van der Waals surface area contributed by atoms with Crippen LogP contribution in [0.25, 0.3) is 0 Å². The van der Waals surface area contributed by atoms with Crippen LogP contribution in [0, 0.1) is 11.8 Å². The summed E-state index contributed by atoms with van der Waals surface area (Å²) in [6.07, 6.45) is 5.17. The number of halogens is 1. The third kappa shape index (κ3) is 4.44. The maximum Gasteiger partial charge on any atom is 0.270 e. The number of hydrogen-bond acceptors (Lipinski definition) is 4. The van der Waals surface area contributed by atoms with Crippen LogP contribution in [0.1, 0.15) is 30.6 Å². The molecule has 2 aliphatic carbocycles. The van der Waals surface area contributed by atoms with Crippen LogP contribution in [-0.4, -0.2) is 32.3 Å². The van der Waals surface area contributed by atoms with Crippen LogP contribution in [0.15, 0.2) is 16.3 Å². The molecule has 116 valence electrons. The first-order valence-corrected chi connectivity index (χ1v) is 10.4. The van der Waals surface area contributed by atoms with Crippen LogP contribution in [-0.2, 0) is 20.3 Å². The summed E-state index contributed by atoms with van der Waals surface area (Å²) >= 11 is 1.09. The number of carbonyl (C=O) groups excluding carboxylic acids is 1. The maximum atomic E-state index is 12.4. The highest BCUT2D eigenvalue weighted by Crippen LogP contribution is 2.34. The highest BCUT2D eigenvalue weighted by atomic mass is 35.7. The summed E-state index contributed by atoms with van der Waals surface area (Å²) in [4.78, 5) is 15.2. The molecule has 0 N–H and O–H groups in total. The van der Waals surface area contributed by atoms with E-state index in [4.69, 9.17) is 10.7 Å². The van der Waals surface area contributed by atoms with E-state index in [0.717, 1.165) is 29.3 Å². The normalized spacial score (nSPS) is 18.7. The van der Waals surface area contributed by atoms with E-state index >= 15 is 0 Å². The van der Waals surface area contributed by atoms with Gasteiger partial charge in [0.15, 0.2) is 0 Å². The first-order chi connectivity index (χ1) is 9.91. The Hall–Kier alpha value is -0.590. The Kier molecular flexibility index (Phi) is 4.30. The van der Waals surface area contributed by atoms with Gasteiger partial charge in [-0.2, -0.15) is 0 Å². The van der Waals surface area contributed by atoms with Crippen LogP contribution in [0.5, 0.6) is 0 Å². The lowest BCUT2D eigenvalue weighted by molar-refractivity contribution is -0.130. The van der Waals surface area contributed by atoms with Gasteiger partial charge in [0.25, 0.3) is 9.05 Å². The van der Waals surface area contributed by atoms with Gasteiger partial charge in [-0.1, -0.05) is 0 Å². The lowest BCUT2D eigenvalue weighted by Crippen LogP contribution is -2.35. The number of hydrogen-bond donors (Lipinski definition) is 0. The summed E-state index contributed by atoms with van der Waals surface area (Å²) in [7, 11) is 1.62. The zero-order valence-corrected chi connectivity index (χ0v) is 14.0. The molecule has 1 amide bonds. The lowest BCUT2D eigenvalue weighted by atomic mass is 10.2. The molecule has 7 heteroatoms. The van der Waals surface area contributed by atoms with Crippen molar-refractivity contribution in [2.45, 2.75) is 36.3 Å². The molecule has 2 fully saturated rings. The van der Waals surface area contributed by atoms with Crippen molar-refractivity contribution >= 4 is 37.0 Å². The topological polar surface area (TPSA) is 54.5 Å². The molecule has 0 saturated heterocycles. The Labute approximate surface area is 133 Å². The van der Waals surface area contributed by atoms with Crippen LogP contribution in [0.3, 0.4) is 0 Å². The second-order valence-electron chi connectivity index (χ2n) is 6.02. The Balaban J connectivity index is 1.63. The van der Waals surface area contributed by atoms with E-state index in [9.17, 15) is 13.2 Å². The molecule has 21 heavy (non-hydrogen) atoms. The van der Waals surface area contributed by atoms with Gasteiger partial charge in [-0.25, -0.2) is 8.42 Å². The third-order valence-corrected chi connectivity index (χ3v) is 7.08. The van der Waals surface area contributed by atoms with Gasteiger partial charge in [0.1, 0.15) is 4.21 Å². The number of rotatable bonds is 7. The average Bonchev–Trinajstić information content (AvgIpc) is 3.31. The average molecular weight is 348 g/mol. The molecule has 3 rings (SSSR count). The molecule has 1 heterocycles. The quantitative estimate of drug-likeness (QED) is 0.713. The summed E-state index contributed by atoms with van der Waals surface area (Å²) < 4.78 is 22.6. The van der Waals surface area contributed by atoms with Gasteiger partial charge in [-0.05, 0) is 49.7 Å². The molecule has 0 atom stereocenters. The predicted molar refractivity (Wildman–Crippen MR) is 83.1 cm³/mol. The van der Waals surface area contributed by atoms with E-state index < -0.39 is 9.05 Å². The molecular formula is C14H18ClNO3S2. The molecule has 1 aromatic rings. The Morgan fingerprint density at radius 1 is 1.19 bits per heavy atom. The maximum absolute atomic E-state index is 12.4. The summed E-state index contributed by atoms with van der Waals surface area (Å²) in [5.74, 6) is 1.46. The molecule has 0 unspecified atom stereocenters. The van der Waals surface area contributed by atoms with Crippen LogP contribution < -0.4 is 0 Å². The van der Waals surface area contributed by atoms with Crippen molar-refractivity contribution < 1.29 is 13.2 Å². The summed E-state index contributed by atoms with van der Waals surface area (Å²) in [5, 5.41) is 0. The minimum Gasteiger partial charge on any atom is -0.342 e. The lowest BCUT2D eigenvalue weighted by Gasteiger charge is -2.22. The number of carbonyl (C=O) groups is 1. The van der Waals surface area contributed by atoms with Crippen LogP contribution >= 0.6 is 22.0 Å². The monoisotopic (exact) mass is 347 g/mol. The second kappa shape index (κ2) is 5.89. The summed E-state index contributed by atoms with van der Waals surface area (Å²) in [5.41, 5.74) is 0. The SMILES string of the molecule is O=C(Cc1ccc(S(=O)(=O)Cl)s1)N(CC1CC1)CC1CC1. The summed E-state index contributed by atoms with van der Waals surface area (Å²) in [6.45, 7) is 1.72. The zero-order valence-electron chi connectivity index (χ0n) is 11.6. The molecular weight excluding hydrogens is 330 g/mol. The van der Waals surface area contributed by atoms with Crippen molar-refractivity contribution in [1.82, 2.24) is 4.90 Å². The molecule has 2 saturated carbocycles. The Morgan fingerprint density at radius 2 is 1.76 bits per heavy atom. The molecule has 0 aliphatic heterocycles. The van der Waals surface area contributed by atoms with Crippen molar-refractivity contribution in [3.63, 3.8) is 0 Å². The molecule has 0 spiro atoms. The Morgan fingerprint density at radius 3 is 2.19 bits per heavy atom. The van der Waals surface area contributed by atoms with Gasteiger partial charge in [-0.3, -0.25) is 4.79 Å². The van der Waals surface area contributed by atoms with Crippen molar-refractivity contribution in [1.29, 1.82) is 0 Å². The highest BCUT2D eigenvalue weighted by Gasteiger charge is 2.31. The van der Waals surface area contributed by atoms with E-state index in [1.807, 2.05) is 4.90 Å². The van der Waals surface area contributed by atoms with Gasteiger partial charge < -0.3 is 4.90 Å². The molecule has 0 radical (unpaired) electrons. The molecule has 4 nitrogen and oxygen atoms in total. The van der Waals surface area contributed by atoms with Crippen LogP contribution in [0.2, 0.25) is 0 Å². The Bertz CT molecular complexity index is 618. The van der Waals surface area contributed by atoms with Gasteiger partial charge in [-0.15, -0.1) is 11.3 Å². The van der Waals surface area contributed by atoms with E-state index in [2.05, 4.69) is 0 Å². The van der Waals surface area contributed by atoms with Crippen molar-refractivity contribution in [2.75, 3.05) is 13.1 Å². The standard InChI is InChI=1S/C14H18ClNO3S2/c15-21(18,19)14-6-5-12(20-14)7-13(17)16(8-10-1-2-10)9-11-3-4-11/h5-6,10-11H,1-4,7-9H2. The highest BCUT2D eigenvalue weighted by molar-refractivity contribution is 8.15. The number of amides is 1. The first kappa shape index (κ1) is 15.3. The molecule has 0 aromatic carbocycles. The fourth-order valence-corrected chi connectivity index (χ4v) is 4.46. The van der Waals surface area contributed by atoms with E-state index in [1.165, 1.54) is 31.7 Å². The third-order valence-electron chi connectivity index (χ3n) is 3.91. The van der Waals surface area contributed by atoms with Gasteiger partial charge in [0.05, 0.1) is 6.42 Å². The molecule has 0 bridgehead atoms. The fourth-order valence-electron chi connectivity index (χ4n) is 2.35. The van der Waals surface area contributed by atoms with Crippen molar-refractivity contribution in [3.05, 3.63) is 17.0 Å². The van der Waals surface area contributed by atoms with Gasteiger partial charge >= 0.3 is 0 Å².